The first-order chi connectivity index (χ1) is 9.79. The van der Waals surface area contributed by atoms with Gasteiger partial charge in [-0.05, 0) is 36.8 Å². The average molecular weight is 379 g/mol. The van der Waals surface area contributed by atoms with Gasteiger partial charge < -0.3 is 5.32 Å². The second-order valence-electron chi connectivity index (χ2n) is 4.58. The van der Waals surface area contributed by atoms with Gasteiger partial charge in [-0.3, -0.25) is 0 Å². The van der Waals surface area contributed by atoms with E-state index >= 15 is 0 Å². The topological polar surface area (TPSA) is 12.0 Å². The van der Waals surface area contributed by atoms with E-state index in [1.807, 2.05) is 0 Å². The summed E-state index contributed by atoms with van der Waals surface area (Å²) in [5.41, 5.74) is 0.131. The van der Waals surface area contributed by atoms with Crippen LogP contribution in [0.4, 0.5) is 18.9 Å². The van der Waals surface area contributed by atoms with Crippen LogP contribution in [0.5, 0.6) is 0 Å². The summed E-state index contributed by atoms with van der Waals surface area (Å²) in [6.07, 6.45) is -4.38. The van der Waals surface area contributed by atoms with Crippen molar-refractivity contribution in [2.45, 2.75) is 19.1 Å². The molecule has 0 aliphatic heterocycles. The normalized spacial score (nSPS) is 13.0. The van der Waals surface area contributed by atoms with E-state index in [4.69, 9.17) is 11.6 Å². The zero-order chi connectivity index (χ0) is 15.6. The van der Waals surface area contributed by atoms with Crippen LogP contribution in [0.25, 0.3) is 0 Å². The van der Waals surface area contributed by atoms with Crippen LogP contribution >= 0.6 is 27.5 Å². The number of rotatable bonds is 3. The number of halogens is 5. The van der Waals surface area contributed by atoms with Gasteiger partial charge in [-0.15, -0.1) is 0 Å². The SMILES string of the molecule is CC(Nc1ccc(Br)cc1Cl)c1ccccc1C(F)(F)F. The Labute approximate surface area is 134 Å². The molecule has 0 heterocycles. The molecule has 0 bridgehead atoms. The van der Waals surface area contributed by atoms with Crippen LogP contribution in [-0.4, -0.2) is 0 Å². The first-order valence-corrected chi connectivity index (χ1v) is 7.34. The highest BCUT2D eigenvalue weighted by Gasteiger charge is 2.34. The van der Waals surface area contributed by atoms with Crippen molar-refractivity contribution in [3.8, 4) is 0 Å². The number of hydrogen-bond acceptors (Lipinski definition) is 1. The molecule has 0 amide bonds. The Morgan fingerprint density at radius 2 is 1.81 bits per heavy atom. The maximum atomic E-state index is 13.0. The monoisotopic (exact) mass is 377 g/mol. The lowest BCUT2D eigenvalue weighted by Crippen LogP contribution is -2.15. The van der Waals surface area contributed by atoms with Gasteiger partial charge in [0.1, 0.15) is 0 Å². The Balaban J connectivity index is 2.31. The lowest BCUT2D eigenvalue weighted by Gasteiger charge is -2.21. The fraction of sp³-hybridized carbons (Fsp3) is 0.200. The molecular weight excluding hydrogens is 367 g/mol. The number of hydrogen-bond donors (Lipinski definition) is 1. The molecule has 1 N–H and O–H groups in total. The van der Waals surface area contributed by atoms with Gasteiger partial charge >= 0.3 is 6.18 Å². The minimum absolute atomic E-state index is 0.184. The molecule has 1 nitrogen and oxygen atoms in total. The zero-order valence-electron chi connectivity index (χ0n) is 11.0. The molecule has 0 radical (unpaired) electrons. The summed E-state index contributed by atoms with van der Waals surface area (Å²) in [6.45, 7) is 1.67. The van der Waals surface area contributed by atoms with Crippen molar-refractivity contribution < 1.29 is 13.2 Å². The fourth-order valence-electron chi connectivity index (χ4n) is 2.05. The Morgan fingerprint density at radius 3 is 2.43 bits per heavy atom. The van der Waals surface area contributed by atoms with Gasteiger partial charge in [0, 0.05) is 10.5 Å². The maximum absolute atomic E-state index is 13.0. The molecule has 2 rings (SSSR count). The minimum atomic E-state index is -4.38. The summed E-state index contributed by atoms with van der Waals surface area (Å²) in [6, 6.07) is 10.2. The van der Waals surface area contributed by atoms with E-state index in [2.05, 4.69) is 21.2 Å². The van der Waals surface area contributed by atoms with Crippen molar-refractivity contribution in [3.63, 3.8) is 0 Å². The lowest BCUT2D eigenvalue weighted by atomic mass is 10.0. The Kier molecular flexibility index (Phi) is 4.84. The van der Waals surface area contributed by atoms with Crippen molar-refractivity contribution in [1.82, 2.24) is 0 Å². The molecule has 0 aliphatic rings. The van der Waals surface area contributed by atoms with Crippen LogP contribution in [-0.2, 0) is 6.18 Å². The van der Waals surface area contributed by atoms with Crippen LogP contribution in [0.3, 0.4) is 0 Å². The molecule has 0 saturated carbocycles. The van der Waals surface area contributed by atoms with Crippen LogP contribution in [0, 0.1) is 0 Å². The highest BCUT2D eigenvalue weighted by molar-refractivity contribution is 9.10. The molecule has 0 fully saturated rings. The quantitative estimate of drug-likeness (QED) is 0.661. The van der Waals surface area contributed by atoms with E-state index in [0.29, 0.717) is 10.7 Å². The predicted molar refractivity (Wildman–Crippen MR) is 82.6 cm³/mol. The molecule has 0 aliphatic carbocycles. The molecule has 2 aromatic rings. The Morgan fingerprint density at radius 1 is 1.14 bits per heavy atom. The third-order valence-corrected chi connectivity index (χ3v) is 3.84. The van der Waals surface area contributed by atoms with E-state index in [9.17, 15) is 13.2 Å². The van der Waals surface area contributed by atoms with E-state index < -0.39 is 17.8 Å². The number of nitrogens with one attached hydrogen (secondary N) is 1. The number of anilines is 1. The molecule has 1 unspecified atom stereocenters. The van der Waals surface area contributed by atoms with Gasteiger partial charge in [0.15, 0.2) is 0 Å². The summed E-state index contributed by atoms with van der Waals surface area (Å²) < 4.78 is 39.9. The Hall–Kier alpha value is -1.20. The minimum Gasteiger partial charge on any atom is -0.377 e. The van der Waals surface area contributed by atoms with E-state index in [1.165, 1.54) is 12.1 Å². The van der Waals surface area contributed by atoms with Crippen molar-refractivity contribution in [2.75, 3.05) is 5.32 Å². The maximum Gasteiger partial charge on any atom is 0.416 e. The van der Waals surface area contributed by atoms with Crippen LogP contribution in [0.1, 0.15) is 24.1 Å². The van der Waals surface area contributed by atoms with Gasteiger partial charge in [-0.25, -0.2) is 0 Å². The molecule has 0 spiro atoms. The van der Waals surface area contributed by atoms with Gasteiger partial charge in [0.2, 0.25) is 0 Å². The van der Waals surface area contributed by atoms with Crippen molar-refractivity contribution in [2.24, 2.45) is 0 Å². The summed E-state index contributed by atoms with van der Waals surface area (Å²) in [4.78, 5) is 0. The largest absolute Gasteiger partial charge is 0.416 e. The van der Waals surface area contributed by atoms with Crippen LogP contribution < -0.4 is 5.32 Å². The first kappa shape index (κ1) is 16.2. The smallest absolute Gasteiger partial charge is 0.377 e. The Bertz CT molecular complexity index is 643. The second kappa shape index (κ2) is 6.28. The highest BCUT2D eigenvalue weighted by atomic mass is 79.9. The van der Waals surface area contributed by atoms with Gasteiger partial charge in [0.25, 0.3) is 0 Å². The van der Waals surface area contributed by atoms with Crippen molar-refractivity contribution in [1.29, 1.82) is 0 Å². The average Bonchev–Trinajstić information content (AvgIpc) is 2.41. The van der Waals surface area contributed by atoms with Crippen LogP contribution in [0.15, 0.2) is 46.9 Å². The molecule has 6 heteroatoms. The first-order valence-electron chi connectivity index (χ1n) is 6.16. The van der Waals surface area contributed by atoms with E-state index in [1.54, 1.807) is 31.2 Å². The molecular formula is C15H12BrClF3N. The molecule has 21 heavy (non-hydrogen) atoms. The molecule has 0 saturated heterocycles. The third kappa shape index (κ3) is 3.92. The third-order valence-electron chi connectivity index (χ3n) is 3.04. The zero-order valence-corrected chi connectivity index (χ0v) is 13.4. The summed E-state index contributed by atoms with van der Waals surface area (Å²) >= 11 is 9.36. The molecule has 0 aromatic heterocycles. The standard InChI is InChI=1S/C15H12BrClF3N/c1-9(21-14-7-6-10(16)8-13(14)17)11-4-2-3-5-12(11)15(18,19)20/h2-9,21H,1H3. The molecule has 1 atom stereocenters. The van der Waals surface area contributed by atoms with Gasteiger partial charge in [-0.2, -0.15) is 13.2 Å². The van der Waals surface area contributed by atoms with Gasteiger partial charge in [-0.1, -0.05) is 45.7 Å². The number of benzene rings is 2. The molecule has 112 valence electrons. The summed E-state index contributed by atoms with van der Waals surface area (Å²) in [5.74, 6) is 0. The van der Waals surface area contributed by atoms with E-state index in [0.717, 1.165) is 10.5 Å². The summed E-state index contributed by atoms with van der Waals surface area (Å²) in [5, 5.41) is 3.46. The van der Waals surface area contributed by atoms with E-state index in [-0.39, 0.29) is 5.56 Å². The molecule has 2 aromatic carbocycles. The number of alkyl halides is 3. The highest BCUT2D eigenvalue weighted by Crippen LogP contribution is 2.36. The van der Waals surface area contributed by atoms with Crippen LogP contribution in [0.2, 0.25) is 5.02 Å². The summed E-state index contributed by atoms with van der Waals surface area (Å²) in [7, 11) is 0. The second-order valence-corrected chi connectivity index (χ2v) is 5.90. The predicted octanol–water partition coefficient (Wildman–Crippen LogP) is 6.29. The van der Waals surface area contributed by atoms with Gasteiger partial charge in [0.05, 0.1) is 16.3 Å². The van der Waals surface area contributed by atoms with Crippen molar-refractivity contribution in [3.05, 3.63) is 63.1 Å². The van der Waals surface area contributed by atoms with Crippen molar-refractivity contribution >= 4 is 33.2 Å². The lowest BCUT2D eigenvalue weighted by molar-refractivity contribution is -0.138. The fourth-order valence-corrected chi connectivity index (χ4v) is 2.78.